The lowest BCUT2D eigenvalue weighted by molar-refractivity contribution is -0.347. The third kappa shape index (κ3) is 3.02. The highest BCUT2D eigenvalue weighted by Crippen LogP contribution is 2.40. The molecule has 0 aliphatic heterocycles. The lowest BCUT2D eigenvalue weighted by Crippen LogP contribution is -2.47. The first kappa shape index (κ1) is 13.6. The summed E-state index contributed by atoms with van der Waals surface area (Å²) in [6.07, 6.45) is -6.95. The summed E-state index contributed by atoms with van der Waals surface area (Å²) in [6.45, 7) is 0. The minimum Gasteiger partial charge on any atom is -0.340 e. The molecule has 1 rings (SSSR count). The van der Waals surface area contributed by atoms with Crippen LogP contribution in [0.25, 0.3) is 0 Å². The maximum Gasteiger partial charge on any atom is 0.459 e. The van der Waals surface area contributed by atoms with E-state index in [1.807, 2.05) is 6.42 Å². The molecule has 1 aliphatic carbocycles. The fourth-order valence-electron chi connectivity index (χ4n) is 1.42. The van der Waals surface area contributed by atoms with E-state index in [0.29, 0.717) is 12.8 Å². The van der Waals surface area contributed by atoms with Gasteiger partial charge in [-0.3, -0.25) is 0 Å². The number of hydrogen-bond acceptors (Lipinski definition) is 1. The molecule has 0 amide bonds. The number of alkyl halides is 6. The van der Waals surface area contributed by atoms with Crippen LogP contribution in [0.3, 0.4) is 0 Å². The van der Waals surface area contributed by atoms with Crippen molar-refractivity contribution < 1.29 is 31.1 Å². The Kier molecular flexibility index (Phi) is 4.09. The lowest BCUT2D eigenvalue weighted by Gasteiger charge is -2.28. The van der Waals surface area contributed by atoms with Crippen molar-refractivity contribution in [1.29, 1.82) is 0 Å². The fourth-order valence-corrected chi connectivity index (χ4v) is 1.42. The van der Waals surface area contributed by atoms with Gasteiger partial charge in [0, 0.05) is 0 Å². The van der Waals surface area contributed by atoms with Crippen molar-refractivity contribution >= 4 is 0 Å². The SMILES string of the molecule is FC(OC1CC[CH]CC1)C(F)(F)C(F)(F)F. The maximum absolute atomic E-state index is 12.8. The Morgan fingerprint density at radius 2 is 1.56 bits per heavy atom. The molecule has 0 aromatic carbocycles. The molecule has 95 valence electrons. The Morgan fingerprint density at radius 3 is 2.00 bits per heavy atom. The summed E-state index contributed by atoms with van der Waals surface area (Å²) < 4.78 is 77.1. The Hall–Kier alpha value is -0.460. The standard InChI is InChI=1S/C9H11F6O/c10-7(8(11,12)9(13,14)15)16-6-4-2-1-3-5-6/h1,6-7H,2-5H2. The highest BCUT2D eigenvalue weighted by Gasteiger charge is 2.64. The van der Waals surface area contributed by atoms with Crippen LogP contribution in [0.5, 0.6) is 0 Å². The lowest BCUT2D eigenvalue weighted by atomic mass is 9.98. The van der Waals surface area contributed by atoms with Crippen molar-refractivity contribution in [3.8, 4) is 0 Å². The van der Waals surface area contributed by atoms with Gasteiger partial charge in [-0.2, -0.15) is 22.0 Å². The van der Waals surface area contributed by atoms with Crippen LogP contribution in [0, 0.1) is 6.42 Å². The van der Waals surface area contributed by atoms with Crippen LogP contribution in [0.15, 0.2) is 0 Å². The maximum atomic E-state index is 12.8. The van der Waals surface area contributed by atoms with E-state index in [-0.39, 0.29) is 12.8 Å². The Balaban J connectivity index is 2.53. The zero-order valence-corrected chi connectivity index (χ0v) is 8.24. The summed E-state index contributed by atoms with van der Waals surface area (Å²) in [4.78, 5) is 0. The average molecular weight is 249 g/mol. The van der Waals surface area contributed by atoms with Gasteiger partial charge in [-0.15, -0.1) is 0 Å². The van der Waals surface area contributed by atoms with Crippen LogP contribution in [0.4, 0.5) is 26.3 Å². The number of rotatable bonds is 3. The molecule has 0 saturated heterocycles. The van der Waals surface area contributed by atoms with Crippen molar-refractivity contribution in [2.45, 2.75) is 50.2 Å². The Morgan fingerprint density at radius 1 is 1.06 bits per heavy atom. The Bertz CT molecular complexity index is 221. The van der Waals surface area contributed by atoms with Gasteiger partial charge in [0.25, 0.3) is 6.36 Å². The van der Waals surface area contributed by atoms with Crippen molar-refractivity contribution in [1.82, 2.24) is 0 Å². The van der Waals surface area contributed by atoms with Gasteiger partial charge in [0.15, 0.2) is 0 Å². The molecule has 1 radical (unpaired) electrons. The van der Waals surface area contributed by atoms with Crippen LogP contribution in [0.1, 0.15) is 25.7 Å². The molecular weight excluding hydrogens is 238 g/mol. The minimum atomic E-state index is -5.92. The zero-order chi connectivity index (χ0) is 12.4. The molecule has 0 aromatic heterocycles. The molecule has 1 nitrogen and oxygen atoms in total. The number of ether oxygens (including phenoxy) is 1. The highest BCUT2D eigenvalue weighted by atomic mass is 19.4. The summed E-state index contributed by atoms with van der Waals surface area (Å²) in [5.41, 5.74) is 0. The van der Waals surface area contributed by atoms with Gasteiger partial charge >= 0.3 is 12.1 Å². The first-order chi connectivity index (χ1) is 7.25. The van der Waals surface area contributed by atoms with E-state index in [4.69, 9.17) is 0 Å². The van der Waals surface area contributed by atoms with E-state index in [1.54, 1.807) is 0 Å². The van der Waals surface area contributed by atoms with Crippen LogP contribution in [-0.4, -0.2) is 24.6 Å². The van der Waals surface area contributed by atoms with E-state index < -0.39 is 24.6 Å². The minimum absolute atomic E-state index is 0.272. The molecule has 0 bridgehead atoms. The molecule has 1 atom stereocenters. The molecular formula is C9H11F6O. The predicted octanol–water partition coefficient (Wildman–Crippen LogP) is 3.64. The second kappa shape index (κ2) is 4.81. The zero-order valence-electron chi connectivity index (χ0n) is 8.24. The molecule has 1 fully saturated rings. The molecule has 0 spiro atoms. The second-order valence-corrected chi connectivity index (χ2v) is 3.64. The van der Waals surface area contributed by atoms with Crippen molar-refractivity contribution in [2.75, 3.05) is 0 Å². The smallest absolute Gasteiger partial charge is 0.340 e. The van der Waals surface area contributed by atoms with Crippen molar-refractivity contribution in [3.05, 3.63) is 6.42 Å². The molecule has 0 heterocycles. The average Bonchev–Trinajstić information content (AvgIpc) is 2.17. The molecule has 1 saturated carbocycles. The largest absolute Gasteiger partial charge is 0.459 e. The van der Waals surface area contributed by atoms with Crippen LogP contribution < -0.4 is 0 Å². The molecule has 1 aliphatic rings. The van der Waals surface area contributed by atoms with Gasteiger partial charge < -0.3 is 4.74 Å². The summed E-state index contributed by atoms with van der Waals surface area (Å²) in [5.74, 6) is -5.45. The van der Waals surface area contributed by atoms with Gasteiger partial charge in [-0.25, -0.2) is 4.39 Å². The molecule has 7 heteroatoms. The van der Waals surface area contributed by atoms with Crippen molar-refractivity contribution in [3.63, 3.8) is 0 Å². The first-order valence-electron chi connectivity index (χ1n) is 4.81. The molecule has 1 unspecified atom stereocenters. The quantitative estimate of drug-likeness (QED) is 0.694. The van der Waals surface area contributed by atoms with Gasteiger partial charge in [-0.1, -0.05) is 0 Å². The van der Waals surface area contributed by atoms with Gasteiger partial charge in [0.2, 0.25) is 0 Å². The van der Waals surface area contributed by atoms with E-state index in [2.05, 4.69) is 4.74 Å². The third-order valence-corrected chi connectivity index (χ3v) is 2.36. The molecule has 16 heavy (non-hydrogen) atoms. The summed E-state index contributed by atoms with van der Waals surface area (Å²) in [7, 11) is 0. The number of halogens is 6. The van der Waals surface area contributed by atoms with Crippen LogP contribution in [-0.2, 0) is 4.74 Å². The van der Waals surface area contributed by atoms with Crippen molar-refractivity contribution in [2.24, 2.45) is 0 Å². The van der Waals surface area contributed by atoms with Crippen LogP contribution >= 0.6 is 0 Å². The third-order valence-electron chi connectivity index (χ3n) is 2.36. The fraction of sp³-hybridized carbons (Fsp3) is 0.889. The van der Waals surface area contributed by atoms with E-state index in [0.717, 1.165) is 0 Å². The van der Waals surface area contributed by atoms with E-state index >= 15 is 0 Å². The monoisotopic (exact) mass is 249 g/mol. The second-order valence-electron chi connectivity index (χ2n) is 3.64. The van der Waals surface area contributed by atoms with Gasteiger partial charge in [0.05, 0.1) is 6.10 Å². The molecule has 0 aromatic rings. The summed E-state index contributed by atoms with van der Waals surface area (Å²) >= 11 is 0. The number of hydrogen-bond donors (Lipinski definition) is 0. The Labute approximate surface area is 88.8 Å². The summed E-state index contributed by atoms with van der Waals surface area (Å²) in [5, 5.41) is 0. The first-order valence-corrected chi connectivity index (χ1v) is 4.81. The van der Waals surface area contributed by atoms with E-state index in [1.165, 1.54) is 0 Å². The van der Waals surface area contributed by atoms with Gasteiger partial charge in [-0.05, 0) is 32.1 Å². The van der Waals surface area contributed by atoms with Crippen LogP contribution in [0.2, 0.25) is 0 Å². The normalized spacial score (nSPS) is 22.1. The predicted molar refractivity (Wildman–Crippen MR) is 43.5 cm³/mol. The molecule has 0 N–H and O–H groups in total. The van der Waals surface area contributed by atoms with Gasteiger partial charge in [0.1, 0.15) is 0 Å². The topological polar surface area (TPSA) is 9.23 Å². The highest BCUT2D eigenvalue weighted by molar-refractivity contribution is 4.82. The summed E-state index contributed by atoms with van der Waals surface area (Å²) in [6, 6.07) is 0. The van der Waals surface area contributed by atoms with E-state index in [9.17, 15) is 26.3 Å².